The Kier molecular flexibility index (Phi) is 6.16. The fourth-order valence-electron chi connectivity index (χ4n) is 2.00. The van der Waals surface area contributed by atoms with Crippen molar-refractivity contribution in [1.29, 1.82) is 0 Å². The van der Waals surface area contributed by atoms with Gasteiger partial charge in [0.25, 0.3) is 0 Å². The lowest BCUT2D eigenvalue weighted by molar-refractivity contribution is -0.120. The van der Waals surface area contributed by atoms with Gasteiger partial charge < -0.3 is 15.8 Å². The molecule has 0 radical (unpaired) electrons. The second-order valence-corrected chi connectivity index (χ2v) is 5.05. The minimum Gasteiger partial charge on any atom is -0.457 e. The molecule has 0 saturated heterocycles. The average Bonchev–Trinajstić information content (AvgIpc) is 2.56. The van der Waals surface area contributed by atoms with Crippen molar-refractivity contribution < 1.29 is 19.5 Å². The molecule has 7 heteroatoms. The van der Waals surface area contributed by atoms with E-state index in [4.69, 9.17) is 15.7 Å². The largest absolute Gasteiger partial charge is 0.457 e. The molecule has 0 unspecified atom stereocenters. The van der Waals surface area contributed by atoms with Crippen molar-refractivity contribution in [2.24, 2.45) is 5.73 Å². The second kappa shape index (κ2) is 8.54. The molecule has 0 aliphatic carbocycles. The molecule has 0 heterocycles. The zero-order valence-corrected chi connectivity index (χ0v) is 13.0. The number of ether oxygens (including phenoxy) is 1. The Hall–Kier alpha value is -3.06. The van der Waals surface area contributed by atoms with Gasteiger partial charge in [0.1, 0.15) is 11.5 Å². The van der Waals surface area contributed by atoms with Crippen molar-refractivity contribution >= 4 is 11.9 Å². The van der Waals surface area contributed by atoms with Gasteiger partial charge in [0.05, 0.1) is 13.0 Å². The van der Waals surface area contributed by atoms with Gasteiger partial charge >= 0.3 is 6.03 Å². The molecule has 7 nitrogen and oxygen atoms in total. The summed E-state index contributed by atoms with van der Waals surface area (Å²) < 4.78 is 5.72. The smallest absolute Gasteiger partial charge is 0.338 e. The zero-order valence-electron chi connectivity index (χ0n) is 13.0. The first kappa shape index (κ1) is 17.3. The summed E-state index contributed by atoms with van der Waals surface area (Å²) in [5, 5.41) is 12.0. The summed E-state index contributed by atoms with van der Waals surface area (Å²) in [6.07, 6.45) is 0.161. The number of hydrogen-bond acceptors (Lipinski definition) is 4. The third kappa shape index (κ3) is 5.62. The number of hydrogen-bond donors (Lipinski definition) is 3. The normalized spacial score (nSPS) is 10.0. The van der Waals surface area contributed by atoms with Gasteiger partial charge in [0.2, 0.25) is 5.91 Å². The number of hydroxylamine groups is 2. The molecular weight excluding hydrogens is 310 g/mol. The number of primary amides is 1. The first-order chi connectivity index (χ1) is 11.5. The van der Waals surface area contributed by atoms with E-state index >= 15 is 0 Å². The molecule has 0 aliphatic heterocycles. The maximum Gasteiger partial charge on any atom is 0.338 e. The topological polar surface area (TPSA) is 105 Å². The van der Waals surface area contributed by atoms with Crippen molar-refractivity contribution in [3.8, 4) is 11.5 Å². The highest BCUT2D eigenvalue weighted by atomic mass is 16.5. The number of nitrogens with two attached hydrogens (primary N) is 1. The minimum absolute atomic E-state index is 0.0712. The minimum atomic E-state index is -0.963. The third-order valence-corrected chi connectivity index (χ3v) is 3.14. The molecule has 2 aromatic rings. The van der Waals surface area contributed by atoms with Crippen LogP contribution in [0.2, 0.25) is 0 Å². The molecule has 0 fully saturated rings. The molecule has 4 N–H and O–H groups in total. The summed E-state index contributed by atoms with van der Waals surface area (Å²) in [5.41, 5.74) is 5.66. The van der Waals surface area contributed by atoms with Crippen molar-refractivity contribution in [3.05, 3.63) is 60.2 Å². The standard InChI is InChI=1S/C17H19N3O4/c18-17(22)20(23)10-9-19-16(21)12-13-5-4-8-15(11-13)24-14-6-2-1-3-7-14/h1-8,11,23H,9-10,12H2,(H2,18,22)(H,19,21). The van der Waals surface area contributed by atoms with Gasteiger partial charge in [-0.3, -0.25) is 10.0 Å². The third-order valence-electron chi connectivity index (χ3n) is 3.14. The fourth-order valence-corrected chi connectivity index (χ4v) is 2.00. The molecule has 126 valence electrons. The van der Waals surface area contributed by atoms with Crippen LogP contribution >= 0.6 is 0 Å². The summed E-state index contributed by atoms with van der Waals surface area (Å²) in [5.74, 6) is 1.13. The summed E-state index contributed by atoms with van der Waals surface area (Å²) >= 11 is 0. The average molecular weight is 329 g/mol. The number of rotatable bonds is 7. The van der Waals surface area contributed by atoms with Gasteiger partial charge in [-0.05, 0) is 29.8 Å². The van der Waals surface area contributed by atoms with Crippen LogP contribution in [0.15, 0.2) is 54.6 Å². The Morgan fingerprint density at radius 1 is 1.08 bits per heavy atom. The molecule has 3 amide bonds. The molecule has 24 heavy (non-hydrogen) atoms. The van der Waals surface area contributed by atoms with Crippen LogP contribution in [0.25, 0.3) is 0 Å². The van der Waals surface area contributed by atoms with Crippen LogP contribution in [-0.4, -0.2) is 35.3 Å². The zero-order chi connectivity index (χ0) is 17.4. The van der Waals surface area contributed by atoms with Crippen molar-refractivity contribution in [2.75, 3.05) is 13.1 Å². The quantitative estimate of drug-likeness (QED) is 0.533. The molecule has 2 rings (SSSR count). The van der Waals surface area contributed by atoms with Crippen LogP contribution in [0.4, 0.5) is 4.79 Å². The Bertz CT molecular complexity index is 691. The number of nitrogens with one attached hydrogen (secondary N) is 1. The van der Waals surface area contributed by atoms with Crippen molar-refractivity contribution in [3.63, 3.8) is 0 Å². The Morgan fingerprint density at radius 2 is 1.79 bits per heavy atom. The highest BCUT2D eigenvalue weighted by molar-refractivity contribution is 5.78. The monoisotopic (exact) mass is 329 g/mol. The van der Waals surface area contributed by atoms with Crippen molar-refractivity contribution in [1.82, 2.24) is 10.4 Å². The summed E-state index contributed by atoms with van der Waals surface area (Å²) in [7, 11) is 0. The maximum absolute atomic E-state index is 11.9. The van der Waals surface area contributed by atoms with Crippen LogP contribution in [0.3, 0.4) is 0 Å². The van der Waals surface area contributed by atoms with Gasteiger partial charge in [0, 0.05) is 6.54 Å². The van der Waals surface area contributed by atoms with E-state index in [9.17, 15) is 9.59 Å². The maximum atomic E-state index is 11.9. The van der Waals surface area contributed by atoms with Crippen LogP contribution in [0.1, 0.15) is 5.56 Å². The molecule has 0 aromatic heterocycles. The van der Waals surface area contributed by atoms with Crippen LogP contribution in [-0.2, 0) is 11.2 Å². The number of para-hydroxylation sites is 1. The number of carbonyl (C=O) groups is 2. The fraction of sp³-hybridized carbons (Fsp3) is 0.176. The molecule has 0 aliphatic rings. The van der Waals surface area contributed by atoms with Gasteiger partial charge in [-0.15, -0.1) is 0 Å². The van der Waals surface area contributed by atoms with E-state index in [1.807, 2.05) is 48.5 Å². The number of nitrogens with zero attached hydrogens (tertiary/aromatic N) is 1. The van der Waals surface area contributed by atoms with E-state index in [1.54, 1.807) is 6.07 Å². The van der Waals surface area contributed by atoms with Gasteiger partial charge in [-0.2, -0.15) is 0 Å². The Balaban J connectivity index is 1.85. The molecule has 0 bridgehead atoms. The van der Waals surface area contributed by atoms with Crippen LogP contribution < -0.4 is 15.8 Å². The highest BCUT2D eigenvalue weighted by Crippen LogP contribution is 2.21. The van der Waals surface area contributed by atoms with E-state index in [-0.39, 0.29) is 25.4 Å². The second-order valence-electron chi connectivity index (χ2n) is 5.05. The van der Waals surface area contributed by atoms with E-state index in [0.717, 1.165) is 5.56 Å². The Labute approximate surface area is 139 Å². The van der Waals surface area contributed by atoms with E-state index in [2.05, 4.69) is 5.32 Å². The van der Waals surface area contributed by atoms with E-state index in [1.165, 1.54) is 0 Å². The predicted molar refractivity (Wildman–Crippen MR) is 87.7 cm³/mol. The highest BCUT2D eigenvalue weighted by Gasteiger charge is 2.08. The molecule has 2 aromatic carbocycles. The lowest BCUT2D eigenvalue weighted by Gasteiger charge is -2.12. The van der Waals surface area contributed by atoms with Crippen LogP contribution in [0.5, 0.6) is 11.5 Å². The molecule has 0 atom stereocenters. The van der Waals surface area contributed by atoms with Gasteiger partial charge in [0.15, 0.2) is 0 Å². The number of amides is 3. The number of benzene rings is 2. The first-order valence-electron chi connectivity index (χ1n) is 7.39. The predicted octanol–water partition coefficient (Wildman–Crippen LogP) is 1.91. The first-order valence-corrected chi connectivity index (χ1v) is 7.39. The summed E-state index contributed by atoms with van der Waals surface area (Å²) in [6, 6.07) is 15.6. The Morgan fingerprint density at radius 3 is 2.50 bits per heavy atom. The van der Waals surface area contributed by atoms with Crippen molar-refractivity contribution in [2.45, 2.75) is 6.42 Å². The number of carbonyl (C=O) groups excluding carboxylic acids is 2. The van der Waals surface area contributed by atoms with Gasteiger partial charge in [-0.1, -0.05) is 30.3 Å². The molecule has 0 spiro atoms. The van der Waals surface area contributed by atoms with Gasteiger partial charge in [-0.25, -0.2) is 9.86 Å². The SMILES string of the molecule is NC(=O)N(O)CCNC(=O)Cc1cccc(Oc2ccccc2)c1. The number of urea groups is 1. The lowest BCUT2D eigenvalue weighted by Crippen LogP contribution is -2.39. The van der Waals surface area contributed by atoms with E-state index < -0.39 is 6.03 Å². The summed E-state index contributed by atoms with van der Waals surface area (Å²) in [6.45, 7) is 0.0384. The molecular formula is C17H19N3O4. The van der Waals surface area contributed by atoms with E-state index in [0.29, 0.717) is 16.6 Å². The lowest BCUT2D eigenvalue weighted by atomic mass is 10.1. The molecule has 0 saturated carbocycles. The van der Waals surface area contributed by atoms with Crippen LogP contribution in [0, 0.1) is 0 Å². The summed E-state index contributed by atoms with van der Waals surface area (Å²) in [4.78, 5) is 22.5.